The van der Waals surface area contributed by atoms with E-state index in [9.17, 15) is 4.79 Å². The number of thiol groups is 1. The van der Waals surface area contributed by atoms with E-state index >= 15 is 0 Å². The SMILES string of the molecule is CSCCN[C@@H](CS)C(=O)O. The third-order valence-electron chi connectivity index (χ3n) is 1.18. The second-order valence-electron chi connectivity index (χ2n) is 2.02. The Morgan fingerprint density at radius 1 is 1.82 bits per heavy atom. The molecule has 0 rings (SSSR count). The van der Waals surface area contributed by atoms with Crippen LogP contribution in [0.1, 0.15) is 0 Å². The van der Waals surface area contributed by atoms with Gasteiger partial charge in [0, 0.05) is 18.1 Å². The highest BCUT2D eigenvalue weighted by atomic mass is 32.2. The number of rotatable bonds is 6. The molecule has 0 fully saturated rings. The van der Waals surface area contributed by atoms with Crippen molar-refractivity contribution in [1.29, 1.82) is 0 Å². The van der Waals surface area contributed by atoms with Gasteiger partial charge in [0.15, 0.2) is 0 Å². The van der Waals surface area contributed by atoms with Crippen molar-refractivity contribution >= 4 is 30.4 Å². The van der Waals surface area contributed by atoms with Gasteiger partial charge in [0.2, 0.25) is 0 Å². The third kappa shape index (κ3) is 5.41. The van der Waals surface area contributed by atoms with Crippen LogP contribution in [0.5, 0.6) is 0 Å². The van der Waals surface area contributed by atoms with Crippen LogP contribution < -0.4 is 5.32 Å². The molecule has 0 aromatic rings. The van der Waals surface area contributed by atoms with Gasteiger partial charge in [0.25, 0.3) is 0 Å². The molecule has 0 saturated heterocycles. The van der Waals surface area contributed by atoms with Gasteiger partial charge in [-0.25, -0.2) is 0 Å². The Hall–Kier alpha value is 0.130. The maximum absolute atomic E-state index is 10.4. The van der Waals surface area contributed by atoms with Crippen LogP contribution in [0.2, 0.25) is 0 Å². The Labute approximate surface area is 76.3 Å². The van der Waals surface area contributed by atoms with Gasteiger partial charge in [-0.05, 0) is 6.26 Å². The zero-order chi connectivity index (χ0) is 8.69. The molecular weight excluding hydrogens is 182 g/mol. The first kappa shape index (κ1) is 11.1. The smallest absolute Gasteiger partial charge is 0.321 e. The topological polar surface area (TPSA) is 49.3 Å². The van der Waals surface area contributed by atoms with Crippen molar-refractivity contribution in [3.63, 3.8) is 0 Å². The van der Waals surface area contributed by atoms with E-state index < -0.39 is 12.0 Å². The molecule has 3 nitrogen and oxygen atoms in total. The van der Waals surface area contributed by atoms with Crippen molar-refractivity contribution in [3.05, 3.63) is 0 Å². The van der Waals surface area contributed by atoms with Crippen LogP contribution in [-0.4, -0.2) is 41.4 Å². The second kappa shape index (κ2) is 6.82. The van der Waals surface area contributed by atoms with Crippen molar-refractivity contribution in [2.24, 2.45) is 0 Å². The minimum absolute atomic E-state index is 0.337. The highest BCUT2D eigenvalue weighted by Gasteiger charge is 2.12. The molecule has 0 saturated carbocycles. The molecule has 0 bridgehead atoms. The normalized spacial score (nSPS) is 12.9. The van der Waals surface area contributed by atoms with Gasteiger partial charge in [0.05, 0.1) is 0 Å². The summed E-state index contributed by atoms with van der Waals surface area (Å²) in [6.45, 7) is 0.721. The molecule has 0 unspecified atom stereocenters. The largest absolute Gasteiger partial charge is 0.480 e. The molecule has 0 aliphatic carbocycles. The van der Waals surface area contributed by atoms with E-state index in [1.165, 1.54) is 0 Å². The van der Waals surface area contributed by atoms with Crippen LogP contribution in [0.25, 0.3) is 0 Å². The van der Waals surface area contributed by atoms with E-state index in [4.69, 9.17) is 5.11 Å². The Bertz CT molecular complexity index is 121. The average Bonchev–Trinajstić information content (AvgIpc) is 1.97. The molecule has 0 heterocycles. The first-order valence-electron chi connectivity index (χ1n) is 3.28. The predicted molar refractivity (Wildman–Crippen MR) is 51.7 cm³/mol. The fourth-order valence-corrected chi connectivity index (χ4v) is 1.17. The summed E-state index contributed by atoms with van der Waals surface area (Å²) in [5, 5.41) is 11.4. The third-order valence-corrected chi connectivity index (χ3v) is 2.16. The Morgan fingerprint density at radius 2 is 2.45 bits per heavy atom. The van der Waals surface area contributed by atoms with Crippen molar-refractivity contribution in [1.82, 2.24) is 5.32 Å². The van der Waals surface area contributed by atoms with Gasteiger partial charge in [-0.3, -0.25) is 4.79 Å². The molecule has 0 spiro atoms. The molecule has 1 atom stereocenters. The van der Waals surface area contributed by atoms with Crippen LogP contribution in [0, 0.1) is 0 Å². The number of hydrogen-bond acceptors (Lipinski definition) is 4. The molecule has 0 radical (unpaired) electrons. The maximum Gasteiger partial charge on any atom is 0.321 e. The van der Waals surface area contributed by atoms with Gasteiger partial charge in [0.1, 0.15) is 6.04 Å². The first-order chi connectivity index (χ1) is 5.22. The number of carboxylic acids is 1. The van der Waals surface area contributed by atoms with Crippen LogP contribution in [0.4, 0.5) is 0 Å². The molecular formula is C6H13NO2S2. The van der Waals surface area contributed by atoms with Gasteiger partial charge >= 0.3 is 5.97 Å². The molecule has 11 heavy (non-hydrogen) atoms. The van der Waals surface area contributed by atoms with Crippen molar-refractivity contribution < 1.29 is 9.90 Å². The molecule has 0 aliphatic rings. The minimum atomic E-state index is -0.832. The maximum atomic E-state index is 10.4. The van der Waals surface area contributed by atoms with Crippen LogP contribution in [-0.2, 0) is 4.79 Å². The van der Waals surface area contributed by atoms with Crippen molar-refractivity contribution in [2.75, 3.05) is 24.3 Å². The molecule has 2 N–H and O–H groups in total. The van der Waals surface area contributed by atoms with Crippen molar-refractivity contribution in [3.8, 4) is 0 Å². The molecule has 0 aromatic carbocycles. The summed E-state index contributed by atoms with van der Waals surface area (Å²) in [5.41, 5.74) is 0. The summed E-state index contributed by atoms with van der Waals surface area (Å²) in [7, 11) is 0. The predicted octanol–water partition coefficient (Wildman–Crippen LogP) is 0.322. The zero-order valence-corrected chi connectivity index (χ0v) is 8.12. The first-order valence-corrected chi connectivity index (χ1v) is 5.31. The minimum Gasteiger partial charge on any atom is -0.480 e. The zero-order valence-electron chi connectivity index (χ0n) is 6.41. The van der Waals surface area contributed by atoms with Crippen LogP contribution in [0.15, 0.2) is 0 Å². The van der Waals surface area contributed by atoms with Crippen LogP contribution in [0.3, 0.4) is 0 Å². The molecule has 66 valence electrons. The number of thioether (sulfide) groups is 1. The lowest BCUT2D eigenvalue weighted by molar-refractivity contribution is -0.138. The lowest BCUT2D eigenvalue weighted by Crippen LogP contribution is -2.39. The van der Waals surface area contributed by atoms with E-state index in [-0.39, 0.29) is 0 Å². The fourth-order valence-electron chi connectivity index (χ4n) is 0.565. The molecule has 0 amide bonds. The number of hydrogen-bond donors (Lipinski definition) is 3. The molecule has 0 aromatic heterocycles. The van der Waals surface area contributed by atoms with Gasteiger partial charge in [-0.2, -0.15) is 24.4 Å². The van der Waals surface area contributed by atoms with Gasteiger partial charge in [-0.1, -0.05) is 0 Å². The molecule has 0 aliphatic heterocycles. The standard InChI is InChI=1S/C6H13NO2S2/c1-11-3-2-7-5(4-10)6(8)9/h5,7,10H,2-4H2,1H3,(H,8,9)/t5-/m0/s1. The summed E-state index contributed by atoms with van der Waals surface area (Å²) in [4.78, 5) is 10.4. The average molecular weight is 195 g/mol. The summed E-state index contributed by atoms with van der Waals surface area (Å²) in [5.74, 6) is 0.433. The van der Waals surface area contributed by atoms with Crippen LogP contribution >= 0.6 is 24.4 Å². The highest BCUT2D eigenvalue weighted by Crippen LogP contribution is 1.91. The quantitative estimate of drug-likeness (QED) is 0.422. The number of carboxylic acid groups (broad SMARTS) is 1. The number of carbonyl (C=O) groups is 1. The lowest BCUT2D eigenvalue weighted by Gasteiger charge is -2.10. The van der Waals surface area contributed by atoms with E-state index in [1.54, 1.807) is 11.8 Å². The molecule has 5 heteroatoms. The van der Waals surface area contributed by atoms with Gasteiger partial charge < -0.3 is 10.4 Å². The van der Waals surface area contributed by atoms with Gasteiger partial charge in [-0.15, -0.1) is 0 Å². The van der Waals surface area contributed by atoms with Crippen molar-refractivity contribution in [2.45, 2.75) is 6.04 Å². The number of aliphatic carboxylic acids is 1. The fraction of sp³-hybridized carbons (Fsp3) is 0.833. The van der Waals surface area contributed by atoms with E-state index in [0.717, 1.165) is 12.3 Å². The summed E-state index contributed by atoms with van der Waals surface area (Å²) >= 11 is 5.59. The monoisotopic (exact) mass is 195 g/mol. The Morgan fingerprint density at radius 3 is 2.82 bits per heavy atom. The van der Waals surface area contributed by atoms with E-state index in [1.807, 2.05) is 6.26 Å². The number of nitrogens with one attached hydrogen (secondary N) is 1. The Kier molecular flexibility index (Phi) is 6.90. The Balaban J connectivity index is 3.44. The van der Waals surface area contributed by atoms with E-state index in [0.29, 0.717) is 5.75 Å². The second-order valence-corrected chi connectivity index (χ2v) is 3.37. The summed E-state index contributed by atoms with van der Waals surface area (Å²) < 4.78 is 0. The van der Waals surface area contributed by atoms with E-state index in [2.05, 4.69) is 17.9 Å². The summed E-state index contributed by atoms with van der Waals surface area (Å²) in [6, 6.07) is -0.509. The lowest BCUT2D eigenvalue weighted by atomic mass is 10.3. The highest BCUT2D eigenvalue weighted by molar-refractivity contribution is 7.98. The summed E-state index contributed by atoms with van der Waals surface area (Å²) in [6.07, 6.45) is 1.98.